The zero-order valence-corrected chi connectivity index (χ0v) is 17.6. The van der Waals surface area contributed by atoms with Crippen LogP contribution in [0.3, 0.4) is 0 Å². The van der Waals surface area contributed by atoms with E-state index in [-0.39, 0.29) is 24.3 Å². The second kappa shape index (κ2) is 10.3. The maximum atomic E-state index is 12.4. The minimum atomic E-state index is -0.790. The lowest BCUT2D eigenvalue weighted by Gasteiger charge is -2.35. The number of carbonyl (C=O) groups is 2. The van der Waals surface area contributed by atoms with Gasteiger partial charge in [0.05, 0.1) is 14.2 Å². The molecule has 0 aliphatic heterocycles. The fraction of sp³-hybridized carbons (Fsp3) is 0.636. The van der Waals surface area contributed by atoms with E-state index in [0.29, 0.717) is 29.8 Å². The van der Waals surface area contributed by atoms with Gasteiger partial charge in [0.25, 0.3) is 5.91 Å². The molecule has 0 heterocycles. The van der Waals surface area contributed by atoms with Crippen LogP contribution in [-0.2, 0) is 20.7 Å². The topological polar surface area (TPSA) is 73.9 Å². The minimum absolute atomic E-state index is 0.157. The number of rotatable bonds is 8. The Morgan fingerprint density at radius 3 is 2.54 bits per heavy atom. The number of hydrogen-bond acceptors (Lipinski definition) is 5. The number of esters is 1. The molecular formula is C22H33NO5. The largest absolute Gasteiger partial charge is 0.493 e. The highest BCUT2D eigenvalue weighted by Crippen LogP contribution is 2.30. The molecule has 2 rings (SSSR count). The molecule has 156 valence electrons. The Balaban J connectivity index is 1.81. The third-order valence-electron chi connectivity index (χ3n) is 5.78. The number of nitrogens with one attached hydrogen (secondary N) is 1. The highest BCUT2D eigenvalue weighted by molar-refractivity contribution is 5.83. The molecule has 1 aromatic rings. The van der Waals surface area contributed by atoms with Gasteiger partial charge in [-0.2, -0.15) is 0 Å². The monoisotopic (exact) mass is 391 g/mol. The number of ether oxygens (including phenoxy) is 3. The summed E-state index contributed by atoms with van der Waals surface area (Å²) in [5.74, 6) is 1.69. The van der Waals surface area contributed by atoms with Crippen LogP contribution in [0.5, 0.6) is 11.5 Å². The molecule has 0 saturated heterocycles. The molecule has 1 aliphatic carbocycles. The molecule has 1 N–H and O–H groups in total. The van der Waals surface area contributed by atoms with Crippen molar-refractivity contribution in [1.29, 1.82) is 0 Å². The number of hydrogen-bond donors (Lipinski definition) is 1. The van der Waals surface area contributed by atoms with Crippen molar-refractivity contribution in [2.24, 2.45) is 11.8 Å². The molecule has 0 radical (unpaired) electrons. The first-order valence-electron chi connectivity index (χ1n) is 10.1. The Kier molecular flexibility index (Phi) is 8.15. The lowest BCUT2D eigenvalue weighted by Crippen LogP contribution is -2.47. The maximum Gasteiger partial charge on any atom is 0.306 e. The molecular weight excluding hydrogens is 358 g/mol. The summed E-state index contributed by atoms with van der Waals surface area (Å²) in [6, 6.07) is 5.69. The van der Waals surface area contributed by atoms with Gasteiger partial charge < -0.3 is 19.5 Å². The van der Waals surface area contributed by atoms with E-state index in [0.717, 1.165) is 18.4 Å². The first kappa shape index (κ1) is 22.1. The Morgan fingerprint density at radius 2 is 1.86 bits per heavy atom. The normalized spacial score (nSPS) is 22.8. The lowest BCUT2D eigenvalue weighted by atomic mass is 9.78. The van der Waals surface area contributed by atoms with Gasteiger partial charge in [-0.25, -0.2) is 0 Å². The van der Waals surface area contributed by atoms with E-state index in [1.165, 1.54) is 6.42 Å². The fourth-order valence-corrected chi connectivity index (χ4v) is 3.68. The van der Waals surface area contributed by atoms with Crippen LogP contribution < -0.4 is 14.8 Å². The second-order valence-corrected chi connectivity index (χ2v) is 7.70. The molecule has 1 fully saturated rings. The number of amides is 1. The fourth-order valence-electron chi connectivity index (χ4n) is 3.68. The molecule has 4 atom stereocenters. The smallest absolute Gasteiger partial charge is 0.306 e. The SMILES string of the molecule is COc1ccc(CCC(=O)O[C@H](C)C(=O)N[C@@H]2CCC[C@H](C)[C@H]2C)cc1OC. The van der Waals surface area contributed by atoms with Crippen molar-refractivity contribution in [3.05, 3.63) is 23.8 Å². The third kappa shape index (κ3) is 5.88. The summed E-state index contributed by atoms with van der Waals surface area (Å²) < 4.78 is 15.8. The van der Waals surface area contributed by atoms with Crippen LogP contribution in [0.4, 0.5) is 0 Å². The highest BCUT2D eigenvalue weighted by atomic mass is 16.5. The van der Waals surface area contributed by atoms with Crippen LogP contribution in [-0.4, -0.2) is 38.2 Å². The van der Waals surface area contributed by atoms with Gasteiger partial charge in [-0.15, -0.1) is 0 Å². The quantitative estimate of drug-likeness (QED) is 0.687. The van der Waals surface area contributed by atoms with Gasteiger partial charge >= 0.3 is 5.97 Å². The number of benzene rings is 1. The van der Waals surface area contributed by atoms with Gasteiger partial charge in [-0.1, -0.05) is 32.8 Å². The van der Waals surface area contributed by atoms with Gasteiger partial charge in [0.1, 0.15) is 0 Å². The zero-order chi connectivity index (χ0) is 20.7. The van der Waals surface area contributed by atoms with Gasteiger partial charge in [0.15, 0.2) is 17.6 Å². The highest BCUT2D eigenvalue weighted by Gasteiger charge is 2.30. The average Bonchev–Trinajstić information content (AvgIpc) is 2.69. The maximum absolute atomic E-state index is 12.4. The van der Waals surface area contributed by atoms with Gasteiger partial charge in [0.2, 0.25) is 0 Å². The number of aryl methyl sites for hydroxylation is 1. The molecule has 1 saturated carbocycles. The molecule has 1 aliphatic rings. The first-order valence-corrected chi connectivity index (χ1v) is 10.1. The van der Waals surface area contributed by atoms with Crippen LogP contribution in [0.25, 0.3) is 0 Å². The zero-order valence-electron chi connectivity index (χ0n) is 17.6. The summed E-state index contributed by atoms with van der Waals surface area (Å²) in [7, 11) is 3.15. The number of carbonyl (C=O) groups excluding carboxylic acids is 2. The van der Waals surface area contributed by atoms with Crippen LogP contribution in [0.1, 0.15) is 52.0 Å². The van der Waals surface area contributed by atoms with Crippen LogP contribution >= 0.6 is 0 Å². The predicted octanol–water partition coefficient (Wildman–Crippen LogP) is 3.51. The Labute approximate surface area is 167 Å². The molecule has 6 heteroatoms. The van der Waals surface area contributed by atoms with Crippen molar-refractivity contribution in [3.63, 3.8) is 0 Å². The van der Waals surface area contributed by atoms with Crippen LogP contribution in [0.15, 0.2) is 18.2 Å². The predicted molar refractivity (Wildman–Crippen MR) is 108 cm³/mol. The first-order chi connectivity index (χ1) is 13.3. The van der Waals surface area contributed by atoms with Crippen molar-refractivity contribution >= 4 is 11.9 Å². The molecule has 1 aromatic carbocycles. The summed E-state index contributed by atoms with van der Waals surface area (Å²) in [5.41, 5.74) is 0.941. The Morgan fingerprint density at radius 1 is 1.14 bits per heavy atom. The van der Waals surface area contributed by atoms with E-state index < -0.39 is 6.10 Å². The van der Waals surface area contributed by atoms with Crippen molar-refractivity contribution in [2.45, 2.75) is 65.0 Å². The van der Waals surface area contributed by atoms with Crippen molar-refractivity contribution in [2.75, 3.05) is 14.2 Å². The molecule has 6 nitrogen and oxygen atoms in total. The van der Waals surface area contributed by atoms with E-state index in [9.17, 15) is 9.59 Å². The van der Waals surface area contributed by atoms with Crippen molar-refractivity contribution in [3.8, 4) is 11.5 Å². The Bertz CT molecular complexity index is 675. The molecule has 0 aromatic heterocycles. The van der Waals surface area contributed by atoms with E-state index >= 15 is 0 Å². The van der Waals surface area contributed by atoms with Crippen molar-refractivity contribution < 1.29 is 23.8 Å². The van der Waals surface area contributed by atoms with Crippen LogP contribution in [0.2, 0.25) is 0 Å². The van der Waals surface area contributed by atoms with Gasteiger partial charge in [-0.05, 0) is 49.3 Å². The van der Waals surface area contributed by atoms with Gasteiger partial charge in [-0.3, -0.25) is 9.59 Å². The summed E-state index contributed by atoms with van der Waals surface area (Å²) >= 11 is 0. The van der Waals surface area contributed by atoms with Crippen molar-refractivity contribution in [1.82, 2.24) is 5.32 Å². The minimum Gasteiger partial charge on any atom is -0.493 e. The molecule has 28 heavy (non-hydrogen) atoms. The molecule has 0 bridgehead atoms. The molecule has 0 spiro atoms. The van der Waals surface area contributed by atoms with E-state index in [1.807, 2.05) is 18.2 Å². The molecule has 0 unspecified atom stereocenters. The Hall–Kier alpha value is -2.24. The third-order valence-corrected chi connectivity index (χ3v) is 5.78. The lowest BCUT2D eigenvalue weighted by molar-refractivity contribution is -0.155. The van der Waals surface area contributed by atoms with Crippen LogP contribution in [0, 0.1) is 11.8 Å². The van der Waals surface area contributed by atoms with Gasteiger partial charge in [0, 0.05) is 12.5 Å². The molecule has 1 amide bonds. The second-order valence-electron chi connectivity index (χ2n) is 7.70. The average molecular weight is 392 g/mol. The summed E-state index contributed by atoms with van der Waals surface area (Å²) in [6.45, 7) is 6.02. The van der Waals surface area contributed by atoms with E-state index in [1.54, 1.807) is 21.1 Å². The van der Waals surface area contributed by atoms with E-state index in [2.05, 4.69) is 19.2 Å². The van der Waals surface area contributed by atoms with E-state index in [4.69, 9.17) is 14.2 Å². The standard InChI is InChI=1S/C22H33NO5/c1-14-7-6-8-18(15(14)2)23-22(25)16(3)28-21(24)12-10-17-9-11-19(26-4)20(13-17)27-5/h9,11,13-16,18H,6-8,10,12H2,1-5H3,(H,23,25)/t14-,15+,16+,18+/m0/s1. The summed E-state index contributed by atoms with van der Waals surface area (Å²) in [6.07, 6.45) is 3.22. The summed E-state index contributed by atoms with van der Waals surface area (Å²) in [4.78, 5) is 24.6. The summed E-state index contributed by atoms with van der Waals surface area (Å²) in [5, 5.41) is 3.06. The number of methoxy groups -OCH3 is 2.